The van der Waals surface area contributed by atoms with Crippen molar-refractivity contribution < 1.29 is 46.4 Å². The van der Waals surface area contributed by atoms with Crippen molar-refractivity contribution in [3.63, 3.8) is 0 Å². The molecule has 0 saturated carbocycles. The minimum absolute atomic E-state index is 0. The predicted molar refractivity (Wildman–Crippen MR) is 162 cm³/mol. The van der Waals surface area contributed by atoms with Gasteiger partial charge in [0.25, 0.3) is 0 Å². The summed E-state index contributed by atoms with van der Waals surface area (Å²) in [5.74, 6) is -0.914. The molecule has 1 aliphatic rings. The molecule has 0 saturated heterocycles. The Labute approximate surface area is 253 Å². The van der Waals surface area contributed by atoms with E-state index >= 15 is 0 Å². The number of aromatic amines is 1. The molecule has 1 unspecified atom stereocenters. The van der Waals surface area contributed by atoms with E-state index in [1.807, 2.05) is 12.4 Å². The van der Waals surface area contributed by atoms with Crippen LogP contribution in [0, 0.1) is 5.41 Å². The van der Waals surface area contributed by atoms with Crippen LogP contribution < -0.4 is 0 Å². The van der Waals surface area contributed by atoms with Crippen molar-refractivity contribution in [3.8, 4) is 0 Å². The van der Waals surface area contributed by atoms with Gasteiger partial charge in [-0.3, -0.25) is 4.79 Å². The molecule has 0 fully saturated rings. The number of allylic oxidation sites excluding steroid dienone is 2. The number of carbonyl (C=O) groups is 2. The maximum atomic E-state index is 10.8. The summed E-state index contributed by atoms with van der Waals surface area (Å²) >= 11 is 0. The first kappa shape index (κ1) is 40.6. The third-order valence-corrected chi connectivity index (χ3v) is 6.90. The zero-order chi connectivity index (χ0) is 32.9. The van der Waals surface area contributed by atoms with Crippen LogP contribution >= 0.6 is 7.81 Å². The van der Waals surface area contributed by atoms with E-state index in [4.69, 9.17) is 10.2 Å². The molecule has 0 spiro atoms. The summed E-state index contributed by atoms with van der Waals surface area (Å²) in [5.41, 5.74) is -0.949. The van der Waals surface area contributed by atoms with Crippen LogP contribution in [0.1, 0.15) is 130 Å². The number of carboxylic acid groups (broad SMARTS) is 2. The van der Waals surface area contributed by atoms with Crippen LogP contribution in [0.15, 0.2) is 36.2 Å². The number of H-pyrrole nitrogens is 1. The molecule has 0 bridgehead atoms. The van der Waals surface area contributed by atoms with Gasteiger partial charge in [-0.15, -0.1) is 0 Å². The maximum absolute atomic E-state index is 10.8. The topological polar surface area (TPSA) is 103 Å². The number of nitrogens with one attached hydrogen (secondary N) is 1. The van der Waals surface area contributed by atoms with Crippen LogP contribution in [0.25, 0.3) is 0 Å². The standard InChI is InChI=1S/C21H40N2.C9H10O4.F6P/c1-2-3-4-5-6-7-8-9-10-11-12-13-14-15-16-17-18-21-22-19-20-23-21;1-9(8(12)13)4-2-3-6(5-9)7(10)11;1-7(2,3,4,5)6/h19-20H,2-18H2,1H3,(H,22,23);2-4H,5H2,1H3,(H,10,11)(H,12,13);/q;;-1/p+1. The molecule has 1 heterocycles. The second-order valence-electron chi connectivity index (χ2n) is 11.3. The Bertz CT molecular complexity index is 979. The van der Waals surface area contributed by atoms with Crippen LogP contribution in [0.5, 0.6) is 0 Å². The molecule has 43 heavy (non-hydrogen) atoms. The monoisotopic (exact) mass is 648 g/mol. The molecule has 6 nitrogen and oxygen atoms in total. The average molecular weight is 649 g/mol. The normalized spacial score (nSPS) is 17.8. The van der Waals surface area contributed by atoms with Gasteiger partial charge < -0.3 is 15.2 Å². The Balaban J connectivity index is 0. The molecule has 0 amide bonds. The number of carboxylic acids is 2. The zero-order valence-electron chi connectivity index (χ0n) is 26.5. The van der Waals surface area contributed by atoms with E-state index in [-0.39, 0.29) is 13.4 Å². The van der Waals surface area contributed by atoms with Crippen molar-refractivity contribution in [3.05, 3.63) is 42.0 Å². The molecular weight excluding hydrogens is 597 g/mol. The first-order valence-corrected chi connectivity index (χ1v) is 17.3. The number of aromatic nitrogens is 2. The Morgan fingerprint density at radius 2 is 1.26 bits per heavy atom. The van der Waals surface area contributed by atoms with Crippen molar-refractivity contribution in [1.82, 2.24) is 9.97 Å². The van der Waals surface area contributed by atoms with Gasteiger partial charge >= 0.3 is 46.4 Å². The summed E-state index contributed by atoms with van der Waals surface area (Å²) in [5, 5.41) is 17.5. The van der Waals surface area contributed by atoms with Gasteiger partial charge in [0.1, 0.15) is 5.82 Å². The molecule has 2 rings (SSSR count). The number of halogens is 6. The van der Waals surface area contributed by atoms with Gasteiger partial charge in [-0.25, -0.2) is 9.78 Å². The van der Waals surface area contributed by atoms with Crippen LogP contribution in [0.2, 0.25) is 0 Å². The van der Waals surface area contributed by atoms with Gasteiger partial charge in [0.2, 0.25) is 0 Å². The van der Waals surface area contributed by atoms with E-state index in [0.717, 1.165) is 12.2 Å². The summed E-state index contributed by atoms with van der Waals surface area (Å²) in [7, 11) is -10.7. The number of aliphatic carboxylic acids is 2. The smallest absolute Gasteiger partial charge is 1.00 e. The molecule has 0 aromatic carbocycles. The number of rotatable bonds is 19. The fourth-order valence-corrected chi connectivity index (χ4v) is 4.46. The Morgan fingerprint density at radius 1 is 0.837 bits per heavy atom. The number of hydrogen-bond acceptors (Lipinski definition) is 3. The third-order valence-electron chi connectivity index (χ3n) is 6.90. The minimum Gasteiger partial charge on any atom is 1.00 e. The van der Waals surface area contributed by atoms with Crippen LogP contribution in [-0.4, -0.2) is 32.1 Å². The van der Waals surface area contributed by atoms with Crippen molar-refractivity contribution in [2.75, 3.05) is 0 Å². The van der Waals surface area contributed by atoms with Gasteiger partial charge in [0.05, 0.1) is 5.41 Å². The average Bonchev–Trinajstić information content (AvgIpc) is 3.40. The Hall–Kier alpha value is -2.36. The van der Waals surface area contributed by atoms with E-state index in [9.17, 15) is 34.8 Å². The summed E-state index contributed by atoms with van der Waals surface area (Å²) in [6.07, 6.45) is 32.2. The van der Waals surface area contributed by atoms with Crippen LogP contribution in [0.3, 0.4) is 0 Å². The molecule has 252 valence electrons. The quantitative estimate of drug-likeness (QED) is 0.0787. The Morgan fingerprint density at radius 3 is 1.60 bits per heavy atom. The molecule has 3 N–H and O–H groups in total. The van der Waals surface area contributed by atoms with E-state index in [1.54, 1.807) is 0 Å². The van der Waals surface area contributed by atoms with E-state index in [2.05, 4.69) is 16.9 Å². The van der Waals surface area contributed by atoms with Gasteiger partial charge in [-0.2, -0.15) is 0 Å². The number of nitrogens with zero attached hydrogens (tertiary/aromatic N) is 1. The summed E-state index contributed by atoms with van der Waals surface area (Å²) in [4.78, 5) is 28.8. The van der Waals surface area contributed by atoms with Gasteiger partial charge in [0, 0.05) is 24.4 Å². The first-order chi connectivity index (χ1) is 19.8. The predicted octanol–water partition coefficient (Wildman–Crippen LogP) is 11.8. The summed E-state index contributed by atoms with van der Waals surface area (Å²) in [6, 6.07) is 0. The van der Waals surface area contributed by atoms with E-state index in [1.165, 1.54) is 128 Å². The minimum atomic E-state index is -10.7. The third kappa shape index (κ3) is 28.2. The second kappa shape index (κ2) is 19.1. The first-order valence-electron chi connectivity index (χ1n) is 15.2. The largest absolute Gasteiger partial charge is 1.00 e. The molecule has 1 atom stereocenters. The maximum Gasteiger partial charge on any atom is 1.00 e. The van der Waals surface area contributed by atoms with Crippen LogP contribution in [0.4, 0.5) is 25.2 Å². The second-order valence-corrected chi connectivity index (χ2v) is 13.2. The number of hydrogen-bond donors (Lipinski definition) is 3. The Kier molecular flexibility index (Phi) is 18.1. The molecule has 1 aromatic rings. The van der Waals surface area contributed by atoms with Crippen molar-refractivity contribution in [1.29, 1.82) is 0 Å². The van der Waals surface area contributed by atoms with Crippen molar-refractivity contribution >= 4 is 19.7 Å². The molecule has 0 aliphatic heterocycles. The van der Waals surface area contributed by atoms with Gasteiger partial charge in [-0.05, 0) is 19.8 Å². The summed E-state index contributed by atoms with van der Waals surface area (Å²) in [6.45, 7) is 3.79. The molecule has 1 aromatic heterocycles. The molecular formula is C30H51F6N2O4P. The zero-order valence-corrected chi connectivity index (χ0v) is 26.4. The molecule has 13 heteroatoms. The van der Waals surface area contributed by atoms with Crippen molar-refractivity contribution in [2.45, 2.75) is 129 Å². The number of aryl methyl sites for hydroxylation is 1. The fourth-order valence-electron chi connectivity index (χ4n) is 4.46. The van der Waals surface area contributed by atoms with E-state index < -0.39 is 25.2 Å². The van der Waals surface area contributed by atoms with Crippen molar-refractivity contribution in [2.24, 2.45) is 5.41 Å². The van der Waals surface area contributed by atoms with Gasteiger partial charge in [0.15, 0.2) is 0 Å². The molecule has 0 radical (unpaired) electrons. The molecule has 1 aliphatic carbocycles. The van der Waals surface area contributed by atoms with Crippen LogP contribution in [-0.2, 0) is 16.0 Å². The van der Waals surface area contributed by atoms with Gasteiger partial charge in [-0.1, -0.05) is 121 Å². The summed E-state index contributed by atoms with van der Waals surface area (Å²) < 4.78 is 59.2. The number of unbranched alkanes of at least 4 members (excludes halogenated alkanes) is 15. The van der Waals surface area contributed by atoms with E-state index in [0.29, 0.717) is 0 Å². The fraction of sp³-hybridized carbons (Fsp3) is 0.700. The SMILES string of the molecule is CC1(C(=O)O)C=CC=C(C(=O)O)C1.CCCCCCCCCCCCCCCCCCc1ncc[nH]1.F[P-](F)(F)(F)(F)F.[H+]. The number of imidazole rings is 1.